The first kappa shape index (κ1) is 11.3. The van der Waals surface area contributed by atoms with Crippen LogP contribution in [0.2, 0.25) is 0 Å². The number of nitrogens with two attached hydrogens (primary N) is 1. The van der Waals surface area contributed by atoms with Crippen molar-refractivity contribution in [1.29, 1.82) is 0 Å². The molecule has 1 saturated heterocycles. The quantitative estimate of drug-likeness (QED) is 0.681. The summed E-state index contributed by atoms with van der Waals surface area (Å²) in [6.07, 6.45) is 2.26. The molecule has 2 aliphatic rings. The van der Waals surface area contributed by atoms with Gasteiger partial charge < -0.3 is 15.6 Å². The molecule has 2 atom stereocenters. The predicted molar refractivity (Wildman–Crippen MR) is 58.6 cm³/mol. The lowest BCUT2D eigenvalue weighted by atomic mass is 9.96. The highest BCUT2D eigenvalue weighted by atomic mass is 16.5. The molecule has 88 valence electrons. The van der Waals surface area contributed by atoms with Crippen LogP contribution in [0, 0.1) is 5.92 Å². The lowest BCUT2D eigenvalue weighted by Crippen LogP contribution is -2.55. The van der Waals surface area contributed by atoms with Gasteiger partial charge in [-0.05, 0) is 25.7 Å². The standard InChI is InChI=1S/C11H22N2O2/c1-9-6-15-5-4-13(9)8-11(14,7-12)10-2-3-10/h9-10,14H,2-8,12H2,1H3. The minimum atomic E-state index is -0.661. The number of aliphatic hydroxyl groups is 1. The van der Waals surface area contributed by atoms with Crippen molar-refractivity contribution >= 4 is 0 Å². The van der Waals surface area contributed by atoms with E-state index in [9.17, 15) is 5.11 Å². The molecule has 2 unspecified atom stereocenters. The zero-order valence-electron chi connectivity index (χ0n) is 9.48. The third-order valence-corrected chi connectivity index (χ3v) is 3.67. The van der Waals surface area contributed by atoms with Crippen molar-refractivity contribution in [2.24, 2.45) is 11.7 Å². The first-order chi connectivity index (χ1) is 7.15. The number of hydrogen-bond donors (Lipinski definition) is 2. The summed E-state index contributed by atoms with van der Waals surface area (Å²) in [5.74, 6) is 0.428. The van der Waals surface area contributed by atoms with Gasteiger partial charge in [-0.25, -0.2) is 0 Å². The minimum absolute atomic E-state index is 0.377. The van der Waals surface area contributed by atoms with Crippen LogP contribution in [0.3, 0.4) is 0 Å². The van der Waals surface area contributed by atoms with Crippen LogP contribution in [0.1, 0.15) is 19.8 Å². The number of nitrogens with zero attached hydrogens (tertiary/aromatic N) is 1. The van der Waals surface area contributed by atoms with Gasteiger partial charge in [0.1, 0.15) is 0 Å². The fraction of sp³-hybridized carbons (Fsp3) is 1.00. The Morgan fingerprint density at radius 1 is 1.53 bits per heavy atom. The van der Waals surface area contributed by atoms with E-state index in [4.69, 9.17) is 10.5 Å². The number of ether oxygens (including phenoxy) is 1. The smallest absolute Gasteiger partial charge is 0.0923 e. The van der Waals surface area contributed by atoms with Crippen LogP contribution < -0.4 is 5.73 Å². The molecule has 3 N–H and O–H groups in total. The molecule has 1 heterocycles. The molecule has 15 heavy (non-hydrogen) atoms. The molecular formula is C11H22N2O2. The van der Waals surface area contributed by atoms with E-state index in [-0.39, 0.29) is 0 Å². The maximum absolute atomic E-state index is 10.4. The summed E-state index contributed by atoms with van der Waals surface area (Å²) in [5.41, 5.74) is 5.04. The first-order valence-corrected chi connectivity index (χ1v) is 5.90. The summed E-state index contributed by atoms with van der Waals surface area (Å²) in [7, 11) is 0. The molecular weight excluding hydrogens is 192 g/mol. The van der Waals surface area contributed by atoms with Gasteiger partial charge in [0.05, 0.1) is 18.8 Å². The molecule has 1 aliphatic heterocycles. The van der Waals surface area contributed by atoms with Gasteiger partial charge >= 0.3 is 0 Å². The summed E-state index contributed by atoms with van der Waals surface area (Å²) >= 11 is 0. The monoisotopic (exact) mass is 214 g/mol. The van der Waals surface area contributed by atoms with Crippen molar-refractivity contribution in [2.75, 3.05) is 32.8 Å². The van der Waals surface area contributed by atoms with Crippen LogP contribution in [-0.4, -0.2) is 54.5 Å². The van der Waals surface area contributed by atoms with E-state index >= 15 is 0 Å². The Morgan fingerprint density at radius 2 is 2.27 bits per heavy atom. The Balaban J connectivity index is 1.92. The fourth-order valence-corrected chi connectivity index (χ4v) is 2.33. The summed E-state index contributed by atoms with van der Waals surface area (Å²) in [6.45, 7) is 5.68. The van der Waals surface area contributed by atoms with Crippen LogP contribution in [0.15, 0.2) is 0 Å². The molecule has 0 spiro atoms. The maximum Gasteiger partial charge on any atom is 0.0923 e. The Bertz CT molecular complexity index is 221. The average Bonchev–Trinajstić information content (AvgIpc) is 3.05. The van der Waals surface area contributed by atoms with Gasteiger partial charge in [-0.15, -0.1) is 0 Å². The van der Waals surface area contributed by atoms with Gasteiger partial charge in [-0.1, -0.05) is 0 Å². The third-order valence-electron chi connectivity index (χ3n) is 3.67. The molecule has 4 nitrogen and oxygen atoms in total. The SMILES string of the molecule is CC1COCCN1CC(O)(CN)C1CC1. The van der Waals surface area contributed by atoms with Crippen molar-refractivity contribution in [3.05, 3.63) is 0 Å². The Hall–Kier alpha value is -0.160. The molecule has 0 amide bonds. The van der Waals surface area contributed by atoms with Crippen LogP contribution in [-0.2, 0) is 4.74 Å². The number of hydrogen-bond acceptors (Lipinski definition) is 4. The van der Waals surface area contributed by atoms with Gasteiger partial charge in [0.15, 0.2) is 0 Å². The summed E-state index contributed by atoms with van der Waals surface area (Å²) in [6, 6.07) is 0.399. The van der Waals surface area contributed by atoms with Crippen molar-refractivity contribution < 1.29 is 9.84 Å². The van der Waals surface area contributed by atoms with Crippen LogP contribution >= 0.6 is 0 Å². The van der Waals surface area contributed by atoms with E-state index in [1.54, 1.807) is 0 Å². The van der Waals surface area contributed by atoms with Gasteiger partial charge in [0.25, 0.3) is 0 Å². The van der Waals surface area contributed by atoms with Crippen molar-refractivity contribution in [3.63, 3.8) is 0 Å². The molecule has 0 aromatic rings. The average molecular weight is 214 g/mol. The topological polar surface area (TPSA) is 58.7 Å². The van der Waals surface area contributed by atoms with E-state index in [2.05, 4.69) is 11.8 Å². The van der Waals surface area contributed by atoms with Crippen molar-refractivity contribution in [2.45, 2.75) is 31.4 Å². The molecule has 0 radical (unpaired) electrons. The van der Waals surface area contributed by atoms with Crippen LogP contribution in [0.5, 0.6) is 0 Å². The molecule has 2 rings (SSSR count). The number of rotatable bonds is 4. The largest absolute Gasteiger partial charge is 0.387 e. The van der Waals surface area contributed by atoms with Crippen LogP contribution in [0.25, 0.3) is 0 Å². The van der Waals surface area contributed by atoms with E-state index in [0.717, 1.165) is 32.6 Å². The van der Waals surface area contributed by atoms with Gasteiger partial charge in [-0.3, -0.25) is 4.90 Å². The summed E-state index contributed by atoms with van der Waals surface area (Å²) in [4.78, 5) is 2.30. The Labute approximate surface area is 91.4 Å². The molecule has 2 fully saturated rings. The third kappa shape index (κ3) is 2.50. The van der Waals surface area contributed by atoms with Gasteiger partial charge in [-0.2, -0.15) is 0 Å². The normalized spacial score (nSPS) is 32.6. The molecule has 0 aromatic heterocycles. The first-order valence-electron chi connectivity index (χ1n) is 5.90. The molecule has 4 heteroatoms. The molecule has 0 aromatic carbocycles. The summed E-state index contributed by atoms with van der Waals surface area (Å²) < 4.78 is 5.38. The highest BCUT2D eigenvalue weighted by Crippen LogP contribution is 2.39. The lowest BCUT2D eigenvalue weighted by molar-refractivity contribution is -0.0608. The van der Waals surface area contributed by atoms with Gasteiger partial charge in [0, 0.05) is 25.7 Å². The number of morpholine rings is 1. The van der Waals surface area contributed by atoms with Crippen molar-refractivity contribution in [3.8, 4) is 0 Å². The second-order valence-electron chi connectivity index (χ2n) is 4.98. The number of β-amino-alcohol motifs (C(OH)–C–C–N with tert-alkyl or cyclic N) is 1. The lowest BCUT2D eigenvalue weighted by Gasteiger charge is -2.39. The van der Waals surface area contributed by atoms with E-state index in [1.165, 1.54) is 0 Å². The van der Waals surface area contributed by atoms with E-state index in [1.807, 2.05) is 0 Å². The van der Waals surface area contributed by atoms with Crippen molar-refractivity contribution in [1.82, 2.24) is 4.90 Å². The minimum Gasteiger partial charge on any atom is -0.387 e. The van der Waals surface area contributed by atoms with E-state index < -0.39 is 5.60 Å². The summed E-state index contributed by atoms with van der Waals surface area (Å²) in [5, 5.41) is 10.4. The highest BCUT2D eigenvalue weighted by molar-refractivity contribution is 4.98. The predicted octanol–water partition coefficient (Wildman–Crippen LogP) is -0.193. The second-order valence-corrected chi connectivity index (χ2v) is 4.98. The Kier molecular flexibility index (Phi) is 3.30. The highest BCUT2D eigenvalue weighted by Gasteiger charge is 2.44. The maximum atomic E-state index is 10.4. The molecule has 1 saturated carbocycles. The zero-order valence-corrected chi connectivity index (χ0v) is 9.48. The molecule has 0 bridgehead atoms. The van der Waals surface area contributed by atoms with Gasteiger partial charge in [0.2, 0.25) is 0 Å². The van der Waals surface area contributed by atoms with E-state index in [0.29, 0.717) is 25.0 Å². The molecule has 1 aliphatic carbocycles. The second kappa shape index (κ2) is 4.37. The van der Waals surface area contributed by atoms with Crippen LogP contribution in [0.4, 0.5) is 0 Å². The zero-order chi connectivity index (χ0) is 10.9. The fourth-order valence-electron chi connectivity index (χ4n) is 2.33. The Morgan fingerprint density at radius 3 is 2.80 bits per heavy atom.